The van der Waals surface area contributed by atoms with Crippen LogP contribution in [0.2, 0.25) is 5.02 Å². The molecule has 0 saturated heterocycles. The highest BCUT2D eigenvalue weighted by molar-refractivity contribution is 6.31. The number of hydrogen-bond acceptors (Lipinski definition) is 9. The monoisotopic (exact) mass is 624 g/mol. The molecular weight excluding hydrogens is 604 g/mol. The van der Waals surface area contributed by atoms with E-state index in [0.29, 0.717) is 32.5 Å². The quantitative estimate of drug-likeness (QED) is 0.107. The maximum Gasteiger partial charge on any atom is 0.335 e. The lowest BCUT2D eigenvalue weighted by Gasteiger charge is -2.12. The van der Waals surface area contributed by atoms with Crippen LogP contribution in [0.3, 0.4) is 0 Å². The van der Waals surface area contributed by atoms with E-state index in [1.807, 2.05) is 0 Å². The molecule has 0 amide bonds. The Morgan fingerprint density at radius 1 is 1.11 bits per heavy atom. The molecule has 0 atom stereocenters. The minimum Gasteiger partial charge on any atom is -0.493 e. The molecular formula is C32H21ClN4O8. The van der Waals surface area contributed by atoms with Crippen LogP contribution >= 0.6 is 11.6 Å². The Labute approximate surface area is 258 Å². The number of carboxylic acids is 1. The minimum atomic E-state index is -1.08. The van der Waals surface area contributed by atoms with Crippen LogP contribution in [0.15, 0.2) is 99.2 Å². The maximum atomic E-state index is 13.6. The average molecular weight is 625 g/mol. The summed E-state index contributed by atoms with van der Waals surface area (Å²) in [5.74, 6) is -0.791. The Kier molecular flexibility index (Phi) is 7.71. The summed E-state index contributed by atoms with van der Waals surface area (Å²) in [4.78, 5) is 40.8. The molecule has 13 heteroatoms. The van der Waals surface area contributed by atoms with Crippen LogP contribution < -0.4 is 15.0 Å². The highest BCUT2D eigenvalue weighted by Crippen LogP contribution is 2.38. The number of nitrogens with zero attached hydrogens (tertiary/aromatic N) is 4. The van der Waals surface area contributed by atoms with Gasteiger partial charge in [-0.05, 0) is 60.2 Å². The molecule has 0 spiro atoms. The van der Waals surface area contributed by atoms with E-state index >= 15 is 0 Å². The van der Waals surface area contributed by atoms with Crippen molar-refractivity contribution in [3.8, 4) is 23.1 Å². The normalized spacial score (nSPS) is 11.3. The van der Waals surface area contributed by atoms with Gasteiger partial charge in [0.15, 0.2) is 11.5 Å². The van der Waals surface area contributed by atoms with Gasteiger partial charge in [-0.25, -0.2) is 9.78 Å². The van der Waals surface area contributed by atoms with E-state index in [1.54, 1.807) is 60.7 Å². The topological polar surface area (TPSA) is 159 Å². The summed E-state index contributed by atoms with van der Waals surface area (Å²) in [5.41, 5.74) is 0.987. The van der Waals surface area contributed by atoms with Gasteiger partial charge in [-0.15, -0.1) is 0 Å². The number of para-hydroxylation sites is 1. The standard InChI is InChI=1S/C32H21ClN4O8/c1-43-27-13-19(12-25(37(41)42)29(27)44-17-18-6-8-20(9-7-18)32(39)40)16-34-36-30(35-24-5-3-2-4-23(24)31(36)38)28-15-21-14-22(33)10-11-26(21)45-28/h2-16H,17H2,1H3,(H,39,40). The number of carboxylic acid groups (broad SMARTS) is 1. The zero-order valence-corrected chi connectivity index (χ0v) is 24.1. The van der Waals surface area contributed by atoms with Crippen LogP contribution in [-0.2, 0) is 6.61 Å². The van der Waals surface area contributed by atoms with Gasteiger partial charge in [-0.1, -0.05) is 35.9 Å². The lowest BCUT2D eigenvalue weighted by molar-refractivity contribution is -0.386. The number of furan rings is 1. The van der Waals surface area contributed by atoms with E-state index in [-0.39, 0.29) is 40.8 Å². The van der Waals surface area contributed by atoms with E-state index in [9.17, 15) is 19.7 Å². The zero-order valence-electron chi connectivity index (χ0n) is 23.3. The first-order valence-corrected chi connectivity index (χ1v) is 13.7. The molecule has 1 N–H and O–H groups in total. The van der Waals surface area contributed by atoms with E-state index in [4.69, 9.17) is 30.6 Å². The molecule has 0 radical (unpaired) electrons. The predicted molar refractivity (Wildman–Crippen MR) is 167 cm³/mol. The molecule has 2 aromatic heterocycles. The Balaban J connectivity index is 1.40. The summed E-state index contributed by atoms with van der Waals surface area (Å²) < 4.78 is 18.2. The summed E-state index contributed by atoms with van der Waals surface area (Å²) in [6.45, 7) is -0.0885. The summed E-state index contributed by atoms with van der Waals surface area (Å²) in [6.07, 6.45) is 1.27. The molecule has 4 aromatic carbocycles. The third-order valence-electron chi connectivity index (χ3n) is 6.83. The minimum absolute atomic E-state index is 0.0474. The molecule has 0 aliphatic heterocycles. The lowest BCUT2D eigenvalue weighted by Crippen LogP contribution is -2.20. The fraction of sp³-hybridized carbons (Fsp3) is 0.0625. The number of hydrogen-bond donors (Lipinski definition) is 1. The number of ether oxygens (including phenoxy) is 2. The first kappa shape index (κ1) is 29.1. The second-order valence-electron chi connectivity index (χ2n) is 9.73. The van der Waals surface area contributed by atoms with E-state index in [2.05, 4.69) is 10.1 Å². The number of benzene rings is 4. The number of fused-ring (bicyclic) bond motifs is 2. The maximum absolute atomic E-state index is 13.6. The first-order valence-electron chi connectivity index (χ1n) is 13.3. The summed E-state index contributed by atoms with van der Waals surface area (Å²) in [6, 6.07) is 22.2. The number of rotatable bonds is 9. The van der Waals surface area contributed by atoms with Crippen LogP contribution in [0.4, 0.5) is 5.69 Å². The Morgan fingerprint density at radius 3 is 2.62 bits per heavy atom. The molecule has 6 rings (SSSR count). The van der Waals surface area contributed by atoms with Crippen molar-refractivity contribution in [2.24, 2.45) is 5.10 Å². The van der Waals surface area contributed by atoms with Crippen LogP contribution in [0.1, 0.15) is 21.5 Å². The first-order chi connectivity index (χ1) is 21.7. The molecule has 0 fully saturated rings. The van der Waals surface area contributed by atoms with Gasteiger partial charge in [0.2, 0.25) is 11.6 Å². The van der Waals surface area contributed by atoms with E-state index in [1.165, 1.54) is 37.6 Å². The molecule has 0 aliphatic rings. The second-order valence-corrected chi connectivity index (χ2v) is 10.2. The number of aromatic carboxylic acids is 1. The fourth-order valence-corrected chi connectivity index (χ4v) is 4.83. The number of methoxy groups -OCH3 is 1. The molecule has 0 unspecified atom stereocenters. The molecule has 45 heavy (non-hydrogen) atoms. The van der Waals surface area contributed by atoms with Crippen molar-refractivity contribution in [1.82, 2.24) is 9.66 Å². The van der Waals surface area contributed by atoms with Crippen LogP contribution in [0.25, 0.3) is 33.5 Å². The molecule has 2 heterocycles. The SMILES string of the molecule is COc1cc(C=Nn2c(-c3cc4cc(Cl)ccc4o3)nc3ccccc3c2=O)cc([N+](=O)[O-])c1OCc1ccc(C(=O)O)cc1. The number of nitro benzene ring substituents is 1. The van der Waals surface area contributed by atoms with Crippen molar-refractivity contribution in [2.45, 2.75) is 6.61 Å². The largest absolute Gasteiger partial charge is 0.493 e. The van der Waals surface area contributed by atoms with Gasteiger partial charge < -0.3 is 19.0 Å². The number of nitro groups is 1. The highest BCUT2D eigenvalue weighted by atomic mass is 35.5. The van der Waals surface area contributed by atoms with Gasteiger partial charge in [0.25, 0.3) is 5.56 Å². The molecule has 0 aliphatic carbocycles. The number of halogens is 1. The summed E-state index contributed by atoms with van der Waals surface area (Å²) in [7, 11) is 1.33. The Morgan fingerprint density at radius 2 is 1.89 bits per heavy atom. The van der Waals surface area contributed by atoms with Gasteiger partial charge in [0.1, 0.15) is 12.2 Å². The zero-order chi connectivity index (χ0) is 31.7. The van der Waals surface area contributed by atoms with Crippen molar-refractivity contribution in [3.05, 3.63) is 127 Å². The van der Waals surface area contributed by atoms with Crippen molar-refractivity contribution < 1.29 is 28.7 Å². The lowest BCUT2D eigenvalue weighted by atomic mass is 10.1. The summed E-state index contributed by atoms with van der Waals surface area (Å²) in [5, 5.41) is 27.1. The van der Waals surface area contributed by atoms with E-state index < -0.39 is 22.1 Å². The highest BCUT2D eigenvalue weighted by Gasteiger charge is 2.23. The molecule has 0 saturated carbocycles. The Hall–Kier alpha value is -6.01. The van der Waals surface area contributed by atoms with Gasteiger partial charge in [-0.3, -0.25) is 14.9 Å². The van der Waals surface area contributed by atoms with Crippen molar-refractivity contribution in [3.63, 3.8) is 0 Å². The third-order valence-corrected chi connectivity index (χ3v) is 7.07. The predicted octanol–water partition coefficient (Wildman–Crippen LogP) is 6.54. The van der Waals surface area contributed by atoms with Gasteiger partial charge in [0, 0.05) is 22.0 Å². The molecule has 224 valence electrons. The molecule has 12 nitrogen and oxygen atoms in total. The van der Waals surface area contributed by atoms with Crippen molar-refractivity contribution in [2.75, 3.05) is 7.11 Å². The van der Waals surface area contributed by atoms with Crippen LogP contribution in [0.5, 0.6) is 11.5 Å². The van der Waals surface area contributed by atoms with Crippen LogP contribution in [-0.4, -0.2) is 39.0 Å². The second kappa shape index (κ2) is 11.9. The smallest absolute Gasteiger partial charge is 0.335 e. The van der Waals surface area contributed by atoms with Gasteiger partial charge >= 0.3 is 11.7 Å². The number of carbonyl (C=O) groups is 1. The van der Waals surface area contributed by atoms with Crippen LogP contribution in [0, 0.1) is 10.1 Å². The fourth-order valence-electron chi connectivity index (χ4n) is 4.65. The van der Waals surface area contributed by atoms with E-state index in [0.717, 1.165) is 4.68 Å². The summed E-state index contributed by atoms with van der Waals surface area (Å²) >= 11 is 6.14. The average Bonchev–Trinajstić information content (AvgIpc) is 3.46. The molecule has 6 aromatic rings. The van der Waals surface area contributed by atoms with Crippen molar-refractivity contribution in [1.29, 1.82) is 0 Å². The number of aromatic nitrogens is 2. The molecule has 0 bridgehead atoms. The Bertz CT molecular complexity index is 2210. The third kappa shape index (κ3) is 5.82. The van der Waals surface area contributed by atoms with Crippen molar-refractivity contribution >= 4 is 51.3 Å². The van der Waals surface area contributed by atoms with Gasteiger partial charge in [0.05, 0.1) is 34.7 Å². The van der Waals surface area contributed by atoms with Gasteiger partial charge in [-0.2, -0.15) is 9.78 Å².